The highest BCUT2D eigenvalue weighted by molar-refractivity contribution is 6.21. The van der Waals surface area contributed by atoms with Gasteiger partial charge in [-0.2, -0.15) is 0 Å². The Morgan fingerprint density at radius 1 is 0.364 bits per heavy atom. The van der Waals surface area contributed by atoms with Crippen LogP contribution in [0.25, 0.3) is 105 Å². The van der Waals surface area contributed by atoms with Crippen LogP contribution in [0.15, 0.2) is 188 Å². The minimum absolute atomic E-state index is 0.853. The molecular weight excluding hydrogens is 671 g/mol. The number of hydrogen-bond donors (Lipinski definition) is 0. The van der Waals surface area contributed by atoms with Crippen LogP contribution in [0.2, 0.25) is 0 Å². The number of para-hydroxylation sites is 1. The maximum Gasteiger partial charge on any atom is 0.146 e. The number of imidazole rings is 1. The molecule has 0 aliphatic carbocycles. The lowest BCUT2D eigenvalue weighted by atomic mass is 9.87. The second-order valence-corrected chi connectivity index (χ2v) is 13.8. The SMILES string of the molecule is c1ccc(-c2cn3ccc4c(-c5ccc(-c6c7ccccc7c(-c7cccc(-c8ccccn8)n7)c7ccccc67)cc5)nc5ccccc5c4c3n2)cc1. The number of rotatable bonds is 5. The standard InChI is InChI=1S/C50H31N5/c1-2-13-32(14-3-1)45-31-55-30-28-40-48(50(55)54-45)39-19-8-9-20-41(39)53-49(40)34-26-24-33(25-27-34)46-35-15-4-6-17-37(35)47(38-18-7-5-16-36(38)46)44-23-12-22-43(52-44)42-21-10-11-29-51-42/h1-31H. The Labute approximate surface area is 316 Å². The van der Waals surface area contributed by atoms with Crippen molar-refractivity contribution in [1.82, 2.24) is 24.3 Å². The van der Waals surface area contributed by atoms with E-state index < -0.39 is 0 Å². The molecule has 0 saturated heterocycles. The number of nitrogens with zero attached hydrogens (tertiary/aromatic N) is 5. The summed E-state index contributed by atoms with van der Waals surface area (Å²) in [4.78, 5) is 20.2. The highest BCUT2D eigenvalue weighted by atomic mass is 15.0. The van der Waals surface area contributed by atoms with E-state index in [1.54, 1.807) is 0 Å². The van der Waals surface area contributed by atoms with Crippen LogP contribution in [0.4, 0.5) is 0 Å². The van der Waals surface area contributed by atoms with Crippen molar-refractivity contribution in [3.05, 3.63) is 188 Å². The fraction of sp³-hybridized carbons (Fsp3) is 0. The summed E-state index contributed by atoms with van der Waals surface area (Å²) in [6.07, 6.45) is 6.03. The second kappa shape index (κ2) is 12.6. The minimum atomic E-state index is 0.853. The van der Waals surface area contributed by atoms with Gasteiger partial charge in [-0.25, -0.2) is 15.0 Å². The zero-order valence-electron chi connectivity index (χ0n) is 29.6. The van der Waals surface area contributed by atoms with Crippen molar-refractivity contribution in [2.24, 2.45) is 0 Å². The summed E-state index contributed by atoms with van der Waals surface area (Å²) in [5.74, 6) is 0. The van der Waals surface area contributed by atoms with Gasteiger partial charge in [0.25, 0.3) is 0 Å². The van der Waals surface area contributed by atoms with E-state index in [-0.39, 0.29) is 0 Å². The van der Waals surface area contributed by atoms with Crippen molar-refractivity contribution in [3.8, 4) is 56.3 Å². The summed E-state index contributed by atoms with van der Waals surface area (Å²) in [5, 5.41) is 7.94. The first-order chi connectivity index (χ1) is 27.3. The number of hydrogen-bond acceptors (Lipinski definition) is 4. The molecule has 0 radical (unpaired) electrons. The second-order valence-electron chi connectivity index (χ2n) is 13.8. The molecule has 0 aliphatic rings. The number of benzene rings is 6. The van der Waals surface area contributed by atoms with Gasteiger partial charge in [-0.05, 0) is 69.1 Å². The highest BCUT2D eigenvalue weighted by Crippen LogP contribution is 2.44. The molecule has 0 amide bonds. The lowest BCUT2D eigenvalue weighted by Gasteiger charge is -2.18. The Kier molecular flexibility index (Phi) is 7.10. The molecule has 0 aliphatic heterocycles. The van der Waals surface area contributed by atoms with Crippen LogP contribution >= 0.6 is 0 Å². The van der Waals surface area contributed by atoms with Gasteiger partial charge in [-0.1, -0.05) is 133 Å². The third-order valence-electron chi connectivity index (χ3n) is 10.7. The van der Waals surface area contributed by atoms with Crippen molar-refractivity contribution in [3.63, 3.8) is 0 Å². The fourth-order valence-electron chi connectivity index (χ4n) is 8.19. The molecule has 11 aromatic rings. The van der Waals surface area contributed by atoms with Crippen LogP contribution < -0.4 is 0 Å². The first-order valence-corrected chi connectivity index (χ1v) is 18.5. The van der Waals surface area contributed by atoms with Gasteiger partial charge in [0.1, 0.15) is 5.65 Å². The van der Waals surface area contributed by atoms with Crippen LogP contribution in [0.3, 0.4) is 0 Å². The maximum atomic E-state index is 5.27. The number of aromatic nitrogens is 5. The molecule has 0 bridgehead atoms. The third kappa shape index (κ3) is 5.09. The molecule has 5 heteroatoms. The van der Waals surface area contributed by atoms with Crippen LogP contribution in [0.5, 0.6) is 0 Å². The predicted octanol–water partition coefficient (Wildman–Crippen LogP) is 12.5. The maximum absolute atomic E-state index is 5.27. The molecule has 0 fully saturated rings. The zero-order chi connectivity index (χ0) is 36.3. The minimum Gasteiger partial charge on any atom is -0.306 e. The van der Waals surface area contributed by atoms with Crippen molar-refractivity contribution >= 4 is 48.9 Å². The zero-order valence-corrected chi connectivity index (χ0v) is 29.6. The lowest BCUT2D eigenvalue weighted by Crippen LogP contribution is -1.95. The molecule has 0 unspecified atom stereocenters. The molecule has 0 saturated carbocycles. The monoisotopic (exact) mass is 701 g/mol. The van der Waals surface area contributed by atoms with Crippen molar-refractivity contribution in [2.75, 3.05) is 0 Å². The smallest absolute Gasteiger partial charge is 0.146 e. The molecule has 5 nitrogen and oxygen atoms in total. The van der Waals surface area contributed by atoms with Gasteiger partial charge in [-0.3, -0.25) is 4.98 Å². The molecule has 5 heterocycles. The molecule has 55 heavy (non-hydrogen) atoms. The average Bonchev–Trinajstić information content (AvgIpc) is 3.71. The van der Waals surface area contributed by atoms with E-state index >= 15 is 0 Å². The Morgan fingerprint density at radius 3 is 1.71 bits per heavy atom. The van der Waals surface area contributed by atoms with Gasteiger partial charge in [-0.15, -0.1) is 0 Å². The summed E-state index contributed by atoms with van der Waals surface area (Å²) in [7, 11) is 0. The van der Waals surface area contributed by atoms with E-state index in [2.05, 4.69) is 161 Å². The largest absolute Gasteiger partial charge is 0.306 e. The summed E-state index contributed by atoms with van der Waals surface area (Å²) < 4.78 is 2.13. The lowest BCUT2D eigenvalue weighted by molar-refractivity contribution is 1.20. The summed E-state index contributed by atoms with van der Waals surface area (Å²) in [6.45, 7) is 0. The van der Waals surface area contributed by atoms with Gasteiger partial charge in [0, 0.05) is 51.4 Å². The first-order valence-electron chi connectivity index (χ1n) is 18.5. The molecule has 0 spiro atoms. The average molecular weight is 702 g/mol. The van der Waals surface area contributed by atoms with Gasteiger partial charge in [0.05, 0.1) is 34.0 Å². The van der Waals surface area contributed by atoms with E-state index in [1.165, 1.54) is 16.3 Å². The first kappa shape index (κ1) is 31.1. The van der Waals surface area contributed by atoms with Crippen LogP contribution in [0.1, 0.15) is 0 Å². The molecule has 11 rings (SSSR count). The van der Waals surface area contributed by atoms with Gasteiger partial charge < -0.3 is 4.40 Å². The Hall–Kier alpha value is -7.50. The third-order valence-corrected chi connectivity index (χ3v) is 10.7. The highest BCUT2D eigenvalue weighted by Gasteiger charge is 2.19. The van der Waals surface area contributed by atoms with Gasteiger partial charge in [0.2, 0.25) is 0 Å². The van der Waals surface area contributed by atoms with Crippen molar-refractivity contribution in [2.45, 2.75) is 0 Å². The molecule has 0 N–H and O–H groups in total. The van der Waals surface area contributed by atoms with E-state index in [9.17, 15) is 0 Å². The molecule has 0 atom stereocenters. The summed E-state index contributed by atoms with van der Waals surface area (Å²) in [6, 6.07) is 59.4. The van der Waals surface area contributed by atoms with Crippen LogP contribution in [0, 0.1) is 0 Å². The summed E-state index contributed by atoms with van der Waals surface area (Å²) in [5.41, 5.74) is 12.0. The van der Waals surface area contributed by atoms with Crippen LogP contribution in [-0.2, 0) is 0 Å². The van der Waals surface area contributed by atoms with E-state index in [0.29, 0.717) is 0 Å². The Morgan fingerprint density at radius 2 is 0.982 bits per heavy atom. The van der Waals surface area contributed by atoms with Gasteiger partial charge in [0.15, 0.2) is 0 Å². The Balaban J connectivity index is 1.08. The number of pyridine rings is 4. The molecule has 5 aromatic heterocycles. The number of fused-ring (bicyclic) bond motifs is 7. The molecular formula is C50H31N5. The van der Waals surface area contributed by atoms with Gasteiger partial charge >= 0.3 is 0 Å². The normalized spacial score (nSPS) is 11.6. The fourth-order valence-corrected chi connectivity index (χ4v) is 8.19. The van der Waals surface area contributed by atoms with E-state index in [0.717, 1.165) is 88.8 Å². The Bertz CT molecular complexity index is 3190. The molecule has 256 valence electrons. The predicted molar refractivity (Wildman–Crippen MR) is 226 cm³/mol. The van der Waals surface area contributed by atoms with Crippen molar-refractivity contribution < 1.29 is 0 Å². The topological polar surface area (TPSA) is 56.0 Å². The quantitative estimate of drug-likeness (QED) is 0.132. The molecule has 6 aromatic carbocycles. The summed E-state index contributed by atoms with van der Waals surface area (Å²) >= 11 is 0. The van der Waals surface area contributed by atoms with E-state index in [4.69, 9.17) is 15.0 Å². The van der Waals surface area contributed by atoms with Crippen LogP contribution in [-0.4, -0.2) is 24.3 Å². The van der Waals surface area contributed by atoms with Crippen molar-refractivity contribution in [1.29, 1.82) is 0 Å². The van der Waals surface area contributed by atoms with E-state index in [1.807, 2.05) is 36.5 Å².